The van der Waals surface area contributed by atoms with E-state index in [1.165, 1.54) is 19.2 Å². The van der Waals surface area contributed by atoms with Gasteiger partial charge in [-0.3, -0.25) is 10.1 Å². The normalized spacial score (nSPS) is 22.7. The molecular formula is C15H18FNO4. The first-order valence-electron chi connectivity index (χ1n) is 6.44. The van der Waals surface area contributed by atoms with E-state index in [-0.39, 0.29) is 35.4 Å². The van der Waals surface area contributed by atoms with Crippen molar-refractivity contribution in [1.82, 2.24) is 5.32 Å². The van der Waals surface area contributed by atoms with Crippen LogP contribution in [0.25, 0.3) is 0 Å². The Morgan fingerprint density at radius 1 is 1.33 bits per heavy atom. The molecule has 0 aliphatic carbocycles. The summed E-state index contributed by atoms with van der Waals surface area (Å²) in [6.07, 6.45) is 0.960. The molecule has 21 heavy (non-hydrogen) atoms. The molecular weight excluding hydrogens is 277 g/mol. The lowest BCUT2D eigenvalue weighted by atomic mass is 9.80. The molecule has 1 aromatic carbocycles. The highest BCUT2D eigenvalue weighted by Crippen LogP contribution is 2.43. The Hall–Kier alpha value is -2.04. The molecule has 0 spiro atoms. The van der Waals surface area contributed by atoms with Gasteiger partial charge in [-0.15, -0.1) is 0 Å². The second-order valence-electron chi connectivity index (χ2n) is 5.50. The van der Waals surface area contributed by atoms with Gasteiger partial charge in [-0.1, -0.05) is 26.0 Å². The largest absolute Gasteiger partial charge is 0.468 e. The highest BCUT2D eigenvalue weighted by Gasteiger charge is 2.43. The zero-order valence-corrected chi connectivity index (χ0v) is 12.2. The maximum atomic E-state index is 12.9. The summed E-state index contributed by atoms with van der Waals surface area (Å²) < 4.78 is 17.7. The van der Waals surface area contributed by atoms with Gasteiger partial charge in [0.05, 0.1) is 7.11 Å². The molecule has 1 aliphatic heterocycles. The van der Waals surface area contributed by atoms with E-state index in [1.807, 2.05) is 0 Å². The molecule has 114 valence electrons. The smallest absolute Gasteiger partial charge is 0.373 e. The van der Waals surface area contributed by atoms with Crippen LogP contribution in [-0.2, 0) is 19.1 Å². The molecule has 0 amide bonds. The second-order valence-corrected chi connectivity index (χ2v) is 5.50. The van der Waals surface area contributed by atoms with Crippen molar-refractivity contribution in [2.45, 2.75) is 32.4 Å². The van der Waals surface area contributed by atoms with E-state index in [1.54, 1.807) is 12.1 Å². The fraction of sp³-hybridized carbons (Fsp3) is 0.467. The summed E-state index contributed by atoms with van der Waals surface area (Å²) in [5.41, 5.74) is 0.921. The number of rotatable bonds is 2. The molecule has 1 aromatic rings. The highest BCUT2D eigenvalue weighted by molar-refractivity contribution is 5.76. The van der Waals surface area contributed by atoms with Crippen LogP contribution in [0.3, 0.4) is 0 Å². The zero-order valence-electron chi connectivity index (χ0n) is 12.2. The van der Waals surface area contributed by atoms with Gasteiger partial charge in [0.1, 0.15) is 11.9 Å². The van der Waals surface area contributed by atoms with Gasteiger partial charge in [-0.25, -0.2) is 4.39 Å². The van der Waals surface area contributed by atoms with Crippen LogP contribution < -0.4 is 5.32 Å². The zero-order chi connectivity index (χ0) is 16.0. The third kappa shape index (κ3) is 4.21. The maximum absolute atomic E-state index is 12.9. The minimum Gasteiger partial charge on any atom is -0.468 e. The van der Waals surface area contributed by atoms with Crippen LogP contribution in [0, 0.1) is 11.2 Å². The van der Waals surface area contributed by atoms with E-state index in [0.717, 1.165) is 5.56 Å². The Kier molecular flexibility index (Phi) is 5.76. The Bertz CT molecular complexity index is 521. The fourth-order valence-corrected chi connectivity index (χ4v) is 2.63. The monoisotopic (exact) mass is 295 g/mol. The first kappa shape index (κ1) is 17.0. The van der Waals surface area contributed by atoms with Crippen LogP contribution in [0.1, 0.15) is 31.9 Å². The highest BCUT2D eigenvalue weighted by atomic mass is 19.1. The number of methoxy groups -OCH3 is 1. The minimum atomic E-state index is -0.292. The Balaban J connectivity index is 0.000000677. The van der Waals surface area contributed by atoms with Crippen molar-refractivity contribution in [2.24, 2.45) is 5.41 Å². The summed E-state index contributed by atoms with van der Waals surface area (Å²) in [7, 11) is 1.39. The molecule has 0 bridgehead atoms. The summed E-state index contributed by atoms with van der Waals surface area (Å²) in [6.45, 7) is 4.19. The van der Waals surface area contributed by atoms with E-state index in [0.29, 0.717) is 6.42 Å². The molecule has 1 aliphatic rings. The molecule has 1 unspecified atom stereocenters. The van der Waals surface area contributed by atoms with E-state index in [2.05, 4.69) is 19.2 Å². The number of nitrogens with one attached hydrogen (secondary N) is 1. The van der Waals surface area contributed by atoms with Gasteiger partial charge in [0, 0.05) is 6.04 Å². The van der Waals surface area contributed by atoms with E-state index >= 15 is 0 Å². The van der Waals surface area contributed by atoms with Crippen LogP contribution in [-0.4, -0.2) is 25.3 Å². The summed E-state index contributed by atoms with van der Waals surface area (Å²) in [5.74, 6) is -0.494. The standard InChI is InChI=1S/C14H18FNO2.CO2/c1-14(2)8-11(13(17)18-3)16-12(14)9-4-6-10(15)7-5-9;2-1-3/h4-7,11-12,16H,8H2,1-3H3;/t11-,12?;/m0./s1. The second kappa shape index (κ2) is 7.11. The lowest BCUT2D eigenvalue weighted by Crippen LogP contribution is -2.33. The molecule has 0 saturated carbocycles. The van der Waals surface area contributed by atoms with Gasteiger partial charge in [0.25, 0.3) is 0 Å². The van der Waals surface area contributed by atoms with Crippen molar-refractivity contribution < 1.29 is 23.5 Å². The van der Waals surface area contributed by atoms with Crippen molar-refractivity contribution in [3.63, 3.8) is 0 Å². The van der Waals surface area contributed by atoms with E-state index in [4.69, 9.17) is 14.3 Å². The van der Waals surface area contributed by atoms with Crippen LogP contribution in [0.15, 0.2) is 24.3 Å². The lowest BCUT2D eigenvalue weighted by molar-refractivity contribution is -0.191. The Morgan fingerprint density at radius 3 is 2.33 bits per heavy atom. The van der Waals surface area contributed by atoms with Crippen LogP contribution in [0.5, 0.6) is 0 Å². The van der Waals surface area contributed by atoms with Crippen LogP contribution >= 0.6 is 0 Å². The van der Waals surface area contributed by atoms with E-state index in [9.17, 15) is 9.18 Å². The van der Waals surface area contributed by atoms with Crippen molar-refractivity contribution >= 4 is 12.1 Å². The number of hydrogen-bond donors (Lipinski definition) is 1. The van der Waals surface area contributed by atoms with Crippen LogP contribution in [0.2, 0.25) is 0 Å². The number of benzene rings is 1. The van der Waals surface area contributed by atoms with Gasteiger partial charge in [0.2, 0.25) is 0 Å². The third-order valence-corrected chi connectivity index (χ3v) is 3.57. The first-order valence-corrected chi connectivity index (χ1v) is 6.44. The molecule has 5 nitrogen and oxygen atoms in total. The lowest BCUT2D eigenvalue weighted by Gasteiger charge is -2.26. The summed E-state index contributed by atoms with van der Waals surface area (Å²) >= 11 is 0. The van der Waals surface area contributed by atoms with Crippen LogP contribution in [0.4, 0.5) is 4.39 Å². The molecule has 1 saturated heterocycles. The maximum Gasteiger partial charge on any atom is 0.373 e. The Labute approximate surface area is 122 Å². The average molecular weight is 295 g/mol. The summed E-state index contributed by atoms with van der Waals surface area (Å²) in [4.78, 5) is 27.8. The molecule has 2 atom stereocenters. The van der Waals surface area contributed by atoms with Crippen molar-refractivity contribution in [3.05, 3.63) is 35.6 Å². The molecule has 0 aromatic heterocycles. The predicted octanol–water partition coefficient (Wildman–Crippen LogP) is 1.84. The molecule has 6 heteroatoms. The van der Waals surface area contributed by atoms with Gasteiger partial charge in [-0.05, 0) is 29.5 Å². The number of esters is 1. The minimum absolute atomic E-state index is 0.0298. The fourth-order valence-electron chi connectivity index (χ4n) is 2.63. The van der Waals surface area contributed by atoms with Gasteiger partial charge in [-0.2, -0.15) is 9.59 Å². The molecule has 0 radical (unpaired) electrons. The topological polar surface area (TPSA) is 72.5 Å². The van der Waals surface area contributed by atoms with Crippen molar-refractivity contribution in [2.75, 3.05) is 7.11 Å². The number of carbonyl (C=O) groups is 1. The first-order chi connectivity index (χ1) is 9.85. The third-order valence-electron chi connectivity index (χ3n) is 3.57. The van der Waals surface area contributed by atoms with Gasteiger partial charge < -0.3 is 4.74 Å². The SMILES string of the molecule is COC(=O)[C@@H]1CC(C)(C)C(c2ccc(F)cc2)N1.O=C=O. The van der Waals surface area contributed by atoms with E-state index < -0.39 is 0 Å². The molecule has 2 rings (SSSR count). The molecule has 1 heterocycles. The number of ether oxygens (including phenoxy) is 1. The van der Waals surface area contributed by atoms with Crippen molar-refractivity contribution in [3.8, 4) is 0 Å². The predicted molar refractivity (Wildman–Crippen MR) is 71.5 cm³/mol. The van der Waals surface area contributed by atoms with Gasteiger partial charge >= 0.3 is 12.1 Å². The van der Waals surface area contributed by atoms with Gasteiger partial charge in [0.15, 0.2) is 0 Å². The number of hydrogen-bond acceptors (Lipinski definition) is 5. The average Bonchev–Trinajstić information content (AvgIpc) is 2.75. The molecule has 1 fully saturated rings. The summed E-state index contributed by atoms with van der Waals surface area (Å²) in [6, 6.07) is 6.14. The summed E-state index contributed by atoms with van der Waals surface area (Å²) in [5, 5.41) is 3.27. The number of halogens is 1. The molecule has 1 N–H and O–H groups in total. The van der Waals surface area contributed by atoms with Crippen molar-refractivity contribution in [1.29, 1.82) is 0 Å². The number of carbonyl (C=O) groups excluding carboxylic acids is 3. The quantitative estimate of drug-likeness (QED) is 0.843. The Morgan fingerprint density at radius 2 is 1.86 bits per heavy atom.